The van der Waals surface area contributed by atoms with E-state index in [2.05, 4.69) is 36.2 Å². The van der Waals surface area contributed by atoms with Crippen LogP contribution in [0.2, 0.25) is 0 Å². The van der Waals surface area contributed by atoms with Crippen LogP contribution >= 0.6 is 27.3 Å². The predicted octanol–water partition coefficient (Wildman–Crippen LogP) is 1.09. The second kappa shape index (κ2) is 5.43. The number of alkyl halides is 1. The van der Waals surface area contributed by atoms with E-state index in [1.54, 1.807) is 0 Å². The number of rotatable bonds is 5. The van der Waals surface area contributed by atoms with E-state index in [1.165, 1.54) is 6.92 Å². The molecule has 1 aliphatic rings. The number of hydrogen-bond donors (Lipinski definition) is 2. The minimum Gasteiger partial charge on any atom is -0.301 e. The van der Waals surface area contributed by atoms with Crippen LogP contribution in [0.1, 0.15) is 26.2 Å². The van der Waals surface area contributed by atoms with Gasteiger partial charge in [-0.25, -0.2) is 13.1 Å². The molecule has 7 nitrogen and oxygen atoms in total. The number of nitrogens with one attached hydrogen (secondary N) is 2. The number of nitrogens with zero attached hydrogens (tertiary/aromatic N) is 2. The number of halogens is 1. The summed E-state index contributed by atoms with van der Waals surface area (Å²) in [6.07, 6.45) is 2.60. The molecule has 0 saturated heterocycles. The normalized spacial score (nSPS) is 17.8. The summed E-state index contributed by atoms with van der Waals surface area (Å²) >= 11 is 4.16. The second-order valence-corrected chi connectivity index (χ2v) is 7.82. The van der Waals surface area contributed by atoms with Crippen LogP contribution in [0.25, 0.3) is 0 Å². The minimum atomic E-state index is -3.69. The lowest BCUT2D eigenvalue weighted by Crippen LogP contribution is -2.54. The molecule has 1 aromatic heterocycles. The minimum absolute atomic E-state index is 0.136. The summed E-state index contributed by atoms with van der Waals surface area (Å²) in [5.41, 5.74) is -0.418. The van der Waals surface area contributed by atoms with Crippen LogP contribution in [-0.2, 0) is 14.8 Å². The molecule has 19 heavy (non-hydrogen) atoms. The smallest absolute Gasteiger partial charge is 0.270 e. The Hall–Kier alpha value is -0.580. The van der Waals surface area contributed by atoms with Gasteiger partial charge in [-0.1, -0.05) is 27.3 Å². The number of carbonyl (C=O) groups is 1. The Morgan fingerprint density at radius 2 is 2.16 bits per heavy atom. The first-order valence-electron chi connectivity index (χ1n) is 5.58. The molecule has 1 aliphatic carbocycles. The molecule has 0 unspecified atom stereocenters. The molecule has 2 rings (SSSR count). The maximum Gasteiger partial charge on any atom is 0.270 e. The SMILES string of the molecule is CC(=O)Nc1nnc(S(=O)(=O)NC2(CBr)CCC2)s1. The van der Waals surface area contributed by atoms with E-state index in [9.17, 15) is 13.2 Å². The summed E-state index contributed by atoms with van der Waals surface area (Å²) in [5, 5.41) is 10.4. The van der Waals surface area contributed by atoms with Gasteiger partial charge >= 0.3 is 0 Å². The highest BCUT2D eigenvalue weighted by Crippen LogP contribution is 2.35. The maximum atomic E-state index is 12.2. The molecule has 0 atom stereocenters. The summed E-state index contributed by atoms with van der Waals surface area (Å²) in [5.74, 6) is -0.316. The largest absolute Gasteiger partial charge is 0.301 e. The van der Waals surface area contributed by atoms with Gasteiger partial charge in [0.15, 0.2) is 0 Å². The fourth-order valence-electron chi connectivity index (χ4n) is 1.71. The first kappa shape index (κ1) is 14.8. The summed E-state index contributed by atoms with van der Waals surface area (Å²) in [6, 6.07) is 0. The van der Waals surface area contributed by atoms with Gasteiger partial charge in [-0.05, 0) is 19.3 Å². The molecule has 1 heterocycles. The number of aromatic nitrogens is 2. The fourth-order valence-corrected chi connectivity index (χ4v) is 5.01. The maximum absolute atomic E-state index is 12.2. The van der Waals surface area contributed by atoms with Crippen LogP contribution in [-0.4, -0.2) is 35.4 Å². The zero-order chi connectivity index (χ0) is 14.1. The molecule has 0 spiro atoms. The Kier molecular flexibility index (Phi) is 4.23. The summed E-state index contributed by atoms with van der Waals surface area (Å²) in [7, 11) is -3.69. The Balaban J connectivity index is 2.15. The molecule has 106 valence electrons. The molecule has 1 aromatic rings. The van der Waals surface area contributed by atoms with Gasteiger partial charge in [-0.2, -0.15) is 0 Å². The predicted molar refractivity (Wildman–Crippen MR) is 74.9 cm³/mol. The van der Waals surface area contributed by atoms with Crippen molar-refractivity contribution in [1.82, 2.24) is 14.9 Å². The highest BCUT2D eigenvalue weighted by atomic mass is 79.9. The molecule has 0 radical (unpaired) electrons. The highest BCUT2D eigenvalue weighted by Gasteiger charge is 2.40. The van der Waals surface area contributed by atoms with Crippen molar-refractivity contribution < 1.29 is 13.2 Å². The molecule has 1 amide bonds. The van der Waals surface area contributed by atoms with E-state index < -0.39 is 15.6 Å². The molecule has 2 N–H and O–H groups in total. The van der Waals surface area contributed by atoms with Gasteiger partial charge in [0, 0.05) is 17.8 Å². The van der Waals surface area contributed by atoms with Gasteiger partial charge in [0.1, 0.15) is 0 Å². The van der Waals surface area contributed by atoms with E-state index in [0.29, 0.717) is 5.33 Å². The lowest BCUT2D eigenvalue weighted by Gasteiger charge is -2.40. The third-order valence-electron chi connectivity index (χ3n) is 2.84. The van der Waals surface area contributed by atoms with Crippen molar-refractivity contribution in [3.8, 4) is 0 Å². The number of anilines is 1. The second-order valence-electron chi connectivity index (χ2n) is 4.43. The van der Waals surface area contributed by atoms with Crippen LogP contribution in [0.5, 0.6) is 0 Å². The number of sulfonamides is 1. The van der Waals surface area contributed by atoms with Crippen LogP contribution in [0.4, 0.5) is 5.13 Å². The molecule has 0 aliphatic heterocycles. The summed E-state index contributed by atoms with van der Waals surface area (Å²) in [4.78, 5) is 10.9. The molecular formula is C9H13BrN4O3S2. The molecule has 0 bridgehead atoms. The van der Waals surface area contributed by atoms with E-state index in [0.717, 1.165) is 30.6 Å². The average Bonchev–Trinajstić information content (AvgIpc) is 2.72. The zero-order valence-electron chi connectivity index (χ0n) is 10.1. The van der Waals surface area contributed by atoms with E-state index in [-0.39, 0.29) is 15.4 Å². The quantitative estimate of drug-likeness (QED) is 0.598. The van der Waals surface area contributed by atoms with E-state index in [4.69, 9.17) is 0 Å². The number of carbonyl (C=O) groups excluding carboxylic acids is 1. The van der Waals surface area contributed by atoms with Crippen molar-refractivity contribution in [2.75, 3.05) is 10.6 Å². The standard InChI is InChI=1S/C9H13BrN4O3S2/c1-6(15)11-7-12-13-8(18-7)19(16,17)14-9(5-10)3-2-4-9/h14H,2-5H2,1H3,(H,11,12,15). The van der Waals surface area contributed by atoms with Crippen molar-refractivity contribution >= 4 is 48.3 Å². The van der Waals surface area contributed by atoms with Crippen molar-refractivity contribution in [1.29, 1.82) is 0 Å². The Morgan fingerprint density at radius 3 is 2.63 bits per heavy atom. The van der Waals surface area contributed by atoms with Gasteiger partial charge < -0.3 is 5.32 Å². The zero-order valence-corrected chi connectivity index (χ0v) is 13.4. The summed E-state index contributed by atoms with van der Waals surface area (Å²) < 4.78 is 26.8. The molecule has 10 heteroatoms. The molecule has 0 aromatic carbocycles. The Morgan fingerprint density at radius 1 is 1.47 bits per heavy atom. The van der Waals surface area contributed by atoms with Gasteiger partial charge in [0.25, 0.3) is 10.0 Å². The molecule has 1 saturated carbocycles. The van der Waals surface area contributed by atoms with E-state index >= 15 is 0 Å². The number of hydrogen-bond acceptors (Lipinski definition) is 6. The summed E-state index contributed by atoms with van der Waals surface area (Å²) in [6.45, 7) is 1.32. The van der Waals surface area contributed by atoms with Crippen molar-refractivity contribution in [3.05, 3.63) is 0 Å². The van der Waals surface area contributed by atoms with Crippen LogP contribution in [0.3, 0.4) is 0 Å². The Labute approximate surface area is 123 Å². The monoisotopic (exact) mass is 368 g/mol. The van der Waals surface area contributed by atoms with Gasteiger partial charge in [-0.3, -0.25) is 4.79 Å². The van der Waals surface area contributed by atoms with Crippen molar-refractivity contribution in [2.45, 2.75) is 36.1 Å². The van der Waals surface area contributed by atoms with Crippen LogP contribution < -0.4 is 10.0 Å². The lowest BCUT2D eigenvalue weighted by atomic mass is 9.80. The van der Waals surface area contributed by atoms with E-state index in [1.807, 2.05) is 0 Å². The first-order chi connectivity index (χ1) is 8.87. The lowest BCUT2D eigenvalue weighted by molar-refractivity contribution is -0.114. The van der Waals surface area contributed by atoms with Gasteiger partial charge in [0.2, 0.25) is 15.4 Å². The van der Waals surface area contributed by atoms with Crippen LogP contribution in [0.15, 0.2) is 4.34 Å². The fraction of sp³-hybridized carbons (Fsp3) is 0.667. The topological polar surface area (TPSA) is 101 Å². The number of amides is 1. The highest BCUT2D eigenvalue weighted by molar-refractivity contribution is 9.09. The first-order valence-corrected chi connectivity index (χ1v) is 9.00. The van der Waals surface area contributed by atoms with Gasteiger partial charge in [-0.15, -0.1) is 10.2 Å². The van der Waals surface area contributed by atoms with Crippen molar-refractivity contribution in [2.24, 2.45) is 0 Å². The average molecular weight is 369 g/mol. The third-order valence-corrected chi connectivity index (χ3v) is 6.69. The van der Waals surface area contributed by atoms with Gasteiger partial charge in [0.05, 0.1) is 0 Å². The third kappa shape index (κ3) is 3.30. The molecular weight excluding hydrogens is 356 g/mol. The van der Waals surface area contributed by atoms with Crippen molar-refractivity contribution in [3.63, 3.8) is 0 Å². The molecule has 1 fully saturated rings. The Bertz CT molecular complexity index is 577. The van der Waals surface area contributed by atoms with Crippen LogP contribution in [0, 0.1) is 0 Å².